The number of nitrogens with zero attached hydrogens (tertiary/aromatic N) is 1. The first kappa shape index (κ1) is 21.4. The van der Waals surface area contributed by atoms with Crippen LogP contribution in [-0.4, -0.2) is 32.3 Å². The van der Waals surface area contributed by atoms with E-state index in [4.69, 9.17) is 11.6 Å². The first-order chi connectivity index (χ1) is 12.6. The molecule has 0 aliphatic carbocycles. The number of amides is 1. The minimum Gasteiger partial charge on any atom is -0.337 e. The van der Waals surface area contributed by atoms with Gasteiger partial charge in [-0.05, 0) is 49.6 Å². The minimum atomic E-state index is -3.70. The van der Waals surface area contributed by atoms with Crippen LogP contribution in [0.1, 0.15) is 42.3 Å². The molecule has 0 saturated carbocycles. The molecule has 0 radical (unpaired) electrons. The maximum atomic E-state index is 12.8. The van der Waals surface area contributed by atoms with Crippen LogP contribution in [0.5, 0.6) is 0 Å². The second-order valence-electron chi connectivity index (χ2n) is 6.75. The number of rotatable bonds is 7. The monoisotopic (exact) mass is 408 g/mol. The highest BCUT2D eigenvalue weighted by molar-refractivity contribution is 7.89. The van der Waals surface area contributed by atoms with Crippen LogP contribution in [0.3, 0.4) is 0 Å². The molecule has 2 aromatic rings. The van der Waals surface area contributed by atoms with Gasteiger partial charge in [0.25, 0.3) is 5.91 Å². The van der Waals surface area contributed by atoms with Crippen LogP contribution >= 0.6 is 11.6 Å². The van der Waals surface area contributed by atoms with Gasteiger partial charge in [0.15, 0.2) is 0 Å². The van der Waals surface area contributed by atoms with Gasteiger partial charge in [0, 0.05) is 19.6 Å². The van der Waals surface area contributed by atoms with Crippen LogP contribution in [0, 0.1) is 0 Å². The summed E-state index contributed by atoms with van der Waals surface area (Å²) in [6, 6.07) is 11.9. The van der Waals surface area contributed by atoms with Crippen molar-refractivity contribution in [3.8, 4) is 0 Å². The first-order valence-corrected chi connectivity index (χ1v) is 10.6. The van der Waals surface area contributed by atoms with Crippen molar-refractivity contribution in [2.24, 2.45) is 0 Å². The van der Waals surface area contributed by atoms with E-state index in [9.17, 15) is 13.2 Å². The molecule has 7 heteroatoms. The summed E-state index contributed by atoms with van der Waals surface area (Å²) in [4.78, 5) is 14.4. The molecule has 0 heterocycles. The van der Waals surface area contributed by atoms with E-state index in [-0.39, 0.29) is 27.4 Å². The molecule has 0 unspecified atom stereocenters. The largest absolute Gasteiger partial charge is 0.337 e. The van der Waals surface area contributed by atoms with E-state index in [2.05, 4.69) is 11.6 Å². The SMILES string of the molecule is CCc1ccc(CN(C)C(=O)c2cc(S(=O)(=O)NC(C)C)ccc2Cl)cc1. The molecule has 1 amide bonds. The molecule has 2 aromatic carbocycles. The number of benzene rings is 2. The molecule has 2 rings (SSSR count). The third kappa shape index (κ3) is 5.54. The summed E-state index contributed by atoms with van der Waals surface area (Å²) in [5.41, 5.74) is 2.38. The standard InChI is InChI=1S/C20H25ClN2O3S/c1-5-15-6-8-16(9-7-15)13-23(4)20(24)18-12-17(10-11-19(18)21)27(25,26)22-14(2)3/h6-12,14,22H,5,13H2,1-4H3. The molecule has 0 saturated heterocycles. The molecule has 0 aliphatic rings. The van der Waals surface area contributed by atoms with Gasteiger partial charge in [-0.25, -0.2) is 13.1 Å². The number of halogens is 1. The van der Waals surface area contributed by atoms with Crippen LogP contribution in [0.2, 0.25) is 5.02 Å². The second-order valence-corrected chi connectivity index (χ2v) is 8.87. The summed E-state index contributed by atoms with van der Waals surface area (Å²) in [6.07, 6.45) is 0.955. The molecule has 0 atom stereocenters. The van der Waals surface area contributed by atoms with Gasteiger partial charge in [0.2, 0.25) is 10.0 Å². The Morgan fingerprint density at radius 3 is 2.26 bits per heavy atom. The van der Waals surface area contributed by atoms with Crippen molar-refractivity contribution < 1.29 is 13.2 Å². The molecule has 146 valence electrons. The third-order valence-electron chi connectivity index (χ3n) is 4.07. The highest BCUT2D eigenvalue weighted by Gasteiger charge is 2.21. The molecule has 0 aliphatic heterocycles. The quantitative estimate of drug-likeness (QED) is 0.756. The number of hydrogen-bond donors (Lipinski definition) is 1. The van der Waals surface area contributed by atoms with E-state index >= 15 is 0 Å². The zero-order chi connectivity index (χ0) is 20.2. The molecule has 1 N–H and O–H groups in total. The lowest BCUT2D eigenvalue weighted by Crippen LogP contribution is -2.31. The Balaban J connectivity index is 2.25. The van der Waals surface area contributed by atoms with Gasteiger partial charge in [0.05, 0.1) is 15.5 Å². The van der Waals surface area contributed by atoms with Gasteiger partial charge in [-0.15, -0.1) is 0 Å². The Morgan fingerprint density at radius 2 is 1.70 bits per heavy atom. The van der Waals surface area contributed by atoms with Crippen LogP contribution in [-0.2, 0) is 23.0 Å². The normalized spacial score (nSPS) is 11.6. The van der Waals surface area contributed by atoms with Gasteiger partial charge in [-0.3, -0.25) is 4.79 Å². The molecule has 27 heavy (non-hydrogen) atoms. The highest BCUT2D eigenvalue weighted by Crippen LogP contribution is 2.22. The van der Waals surface area contributed by atoms with Crippen molar-refractivity contribution in [3.05, 3.63) is 64.2 Å². The Morgan fingerprint density at radius 1 is 1.11 bits per heavy atom. The van der Waals surface area contributed by atoms with Gasteiger partial charge >= 0.3 is 0 Å². The van der Waals surface area contributed by atoms with Gasteiger partial charge in [-0.2, -0.15) is 0 Å². The lowest BCUT2D eigenvalue weighted by Gasteiger charge is -2.19. The van der Waals surface area contributed by atoms with Crippen molar-refractivity contribution in [1.82, 2.24) is 9.62 Å². The molecular weight excluding hydrogens is 384 g/mol. The topological polar surface area (TPSA) is 66.5 Å². The van der Waals surface area contributed by atoms with Crippen molar-refractivity contribution in [1.29, 1.82) is 0 Å². The molecule has 0 aromatic heterocycles. The maximum Gasteiger partial charge on any atom is 0.255 e. The zero-order valence-corrected chi connectivity index (χ0v) is 17.6. The molecular formula is C20H25ClN2O3S. The Bertz CT molecular complexity index is 909. The van der Waals surface area contributed by atoms with E-state index in [1.807, 2.05) is 24.3 Å². The van der Waals surface area contributed by atoms with Gasteiger partial charge in [0.1, 0.15) is 0 Å². The number of aryl methyl sites for hydroxylation is 1. The smallest absolute Gasteiger partial charge is 0.255 e. The molecule has 0 bridgehead atoms. The highest BCUT2D eigenvalue weighted by atomic mass is 35.5. The van der Waals surface area contributed by atoms with Crippen molar-refractivity contribution >= 4 is 27.5 Å². The fourth-order valence-corrected chi connectivity index (χ4v) is 4.12. The first-order valence-electron chi connectivity index (χ1n) is 8.79. The second kappa shape index (κ2) is 8.87. The van der Waals surface area contributed by atoms with Crippen molar-refractivity contribution in [2.75, 3.05) is 7.05 Å². The maximum absolute atomic E-state index is 12.8. The molecule has 0 spiro atoms. The Labute approximate surface area is 166 Å². The minimum absolute atomic E-state index is 0.0182. The van der Waals surface area contributed by atoms with Gasteiger partial charge in [-0.1, -0.05) is 42.8 Å². The number of sulfonamides is 1. The summed E-state index contributed by atoms with van der Waals surface area (Å²) < 4.78 is 27.2. The summed E-state index contributed by atoms with van der Waals surface area (Å²) in [6.45, 7) is 5.95. The van der Waals surface area contributed by atoms with E-state index in [0.717, 1.165) is 12.0 Å². The number of carbonyl (C=O) groups is 1. The number of nitrogens with one attached hydrogen (secondary N) is 1. The summed E-state index contributed by atoms with van der Waals surface area (Å²) >= 11 is 6.17. The Hall–Kier alpha value is -1.89. The number of hydrogen-bond acceptors (Lipinski definition) is 3. The van der Waals surface area contributed by atoms with E-state index in [1.165, 1.54) is 28.7 Å². The summed E-state index contributed by atoms with van der Waals surface area (Å²) in [7, 11) is -2.04. The van der Waals surface area contributed by atoms with Crippen LogP contribution in [0.15, 0.2) is 47.4 Å². The van der Waals surface area contributed by atoms with Crippen LogP contribution in [0.4, 0.5) is 0 Å². The summed E-state index contributed by atoms with van der Waals surface area (Å²) in [5, 5.41) is 0.219. The molecule has 0 fully saturated rings. The van der Waals surface area contributed by atoms with Gasteiger partial charge < -0.3 is 4.90 Å². The van der Waals surface area contributed by atoms with E-state index in [0.29, 0.717) is 6.54 Å². The van der Waals surface area contributed by atoms with Crippen LogP contribution < -0.4 is 4.72 Å². The average Bonchev–Trinajstić information content (AvgIpc) is 2.61. The molecule has 5 nitrogen and oxygen atoms in total. The van der Waals surface area contributed by atoms with Crippen LogP contribution in [0.25, 0.3) is 0 Å². The predicted molar refractivity (Wildman–Crippen MR) is 109 cm³/mol. The van der Waals surface area contributed by atoms with E-state index < -0.39 is 10.0 Å². The Kier molecular flexibility index (Phi) is 7.03. The fraction of sp³-hybridized carbons (Fsp3) is 0.350. The van der Waals surface area contributed by atoms with Crippen molar-refractivity contribution in [3.63, 3.8) is 0 Å². The predicted octanol–water partition coefficient (Wildman–Crippen LogP) is 3.86. The van der Waals surface area contributed by atoms with E-state index in [1.54, 1.807) is 20.9 Å². The fourth-order valence-electron chi connectivity index (χ4n) is 2.65. The zero-order valence-electron chi connectivity index (χ0n) is 16.0. The lowest BCUT2D eigenvalue weighted by molar-refractivity contribution is 0.0785. The average molecular weight is 409 g/mol. The third-order valence-corrected chi connectivity index (χ3v) is 6.05. The number of carbonyl (C=O) groups excluding carboxylic acids is 1. The summed E-state index contributed by atoms with van der Waals surface area (Å²) in [5.74, 6) is -0.332. The lowest BCUT2D eigenvalue weighted by atomic mass is 10.1. The van der Waals surface area contributed by atoms with Crippen molar-refractivity contribution in [2.45, 2.75) is 44.7 Å².